The second-order valence-corrected chi connectivity index (χ2v) is 5.19. The minimum Gasteiger partial charge on any atom is -0.337 e. The molecule has 1 amide bonds. The van der Waals surface area contributed by atoms with Crippen LogP contribution in [0.15, 0.2) is 12.3 Å². The Morgan fingerprint density at radius 2 is 2.11 bits per heavy atom. The Labute approximate surface area is 113 Å². The van der Waals surface area contributed by atoms with Gasteiger partial charge in [-0.3, -0.25) is 9.89 Å². The van der Waals surface area contributed by atoms with Crippen LogP contribution in [0.4, 0.5) is 0 Å². The minimum absolute atomic E-state index is 0. The molecule has 6 heteroatoms. The van der Waals surface area contributed by atoms with Gasteiger partial charge in [-0.05, 0) is 37.3 Å². The largest absolute Gasteiger partial charge is 0.337 e. The normalized spacial score (nSPS) is 21.9. The van der Waals surface area contributed by atoms with E-state index >= 15 is 0 Å². The average molecular weight is 271 g/mol. The molecule has 2 saturated heterocycles. The van der Waals surface area contributed by atoms with E-state index in [1.807, 2.05) is 4.90 Å². The topological polar surface area (TPSA) is 61.0 Å². The molecular weight excluding hydrogens is 252 g/mol. The van der Waals surface area contributed by atoms with Crippen LogP contribution >= 0.6 is 12.4 Å². The van der Waals surface area contributed by atoms with Crippen LogP contribution < -0.4 is 5.32 Å². The van der Waals surface area contributed by atoms with Gasteiger partial charge in [-0.15, -0.1) is 12.4 Å². The highest BCUT2D eigenvalue weighted by molar-refractivity contribution is 5.92. The molecule has 0 aliphatic carbocycles. The molecule has 1 aromatic heterocycles. The highest BCUT2D eigenvalue weighted by Gasteiger charge is 2.38. The first kappa shape index (κ1) is 13.4. The van der Waals surface area contributed by atoms with Crippen molar-refractivity contribution in [2.45, 2.75) is 19.3 Å². The van der Waals surface area contributed by atoms with Crippen LogP contribution in [0.1, 0.15) is 29.8 Å². The number of H-pyrrole nitrogens is 1. The van der Waals surface area contributed by atoms with E-state index in [0.717, 1.165) is 39.0 Å². The van der Waals surface area contributed by atoms with Crippen LogP contribution in [-0.4, -0.2) is 47.2 Å². The first-order valence-corrected chi connectivity index (χ1v) is 6.29. The van der Waals surface area contributed by atoms with E-state index in [4.69, 9.17) is 0 Å². The third-order valence-corrected chi connectivity index (χ3v) is 4.17. The summed E-state index contributed by atoms with van der Waals surface area (Å²) in [5.41, 5.74) is 1.07. The van der Waals surface area contributed by atoms with Gasteiger partial charge in [0.25, 0.3) is 5.91 Å². The second kappa shape index (κ2) is 5.28. The Bertz CT molecular complexity index is 390. The maximum Gasteiger partial charge on any atom is 0.271 e. The molecule has 3 rings (SSSR count). The number of nitrogens with zero attached hydrogens (tertiary/aromatic N) is 2. The zero-order chi connectivity index (χ0) is 11.7. The number of aromatic amines is 1. The van der Waals surface area contributed by atoms with Gasteiger partial charge in [-0.1, -0.05) is 0 Å². The molecular formula is C12H19ClN4O. The molecule has 1 spiro atoms. The number of nitrogens with one attached hydrogen (secondary N) is 2. The lowest BCUT2D eigenvalue weighted by Gasteiger charge is -2.38. The van der Waals surface area contributed by atoms with E-state index in [2.05, 4.69) is 15.5 Å². The van der Waals surface area contributed by atoms with Gasteiger partial charge in [0.15, 0.2) is 0 Å². The predicted molar refractivity (Wildman–Crippen MR) is 70.9 cm³/mol. The smallest absolute Gasteiger partial charge is 0.271 e. The van der Waals surface area contributed by atoms with Gasteiger partial charge in [-0.2, -0.15) is 5.10 Å². The summed E-state index contributed by atoms with van der Waals surface area (Å²) in [4.78, 5) is 14.0. The third kappa shape index (κ3) is 2.37. The van der Waals surface area contributed by atoms with E-state index in [9.17, 15) is 4.79 Å². The van der Waals surface area contributed by atoms with E-state index in [1.54, 1.807) is 12.3 Å². The molecule has 5 nitrogen and oxygen atoms in total. The number of carbonyl (C=O) groups excluding carboxylic acids is 1. The molecule has 0 aromatic carbocycles. The van der Waals surface area contributed by atoms with Crippen molar-refractivity contribution in [2.24, 2.45) is 5.41 Å². The molecule has 2 N–H and O–H groups in total. The monoisotopic (exact) mass is 270 g/mol. The zero-order valence-electron chi connectivity index (χ0n) is 10.3. The third-order valence-electron chi connectivity index (χ3n) is 4.17. The van der Waals surface area contributed by atoms with Crippen LogP contribution in [0.25, 0.3) is 0 Å². The fraction of sp³-hybridized carbons (Fsp3) is 0.667. The summed E-state index contributed by atoms with van der Waals surface area (Å²) in [5.74, 6) is 0.0864. The molecule has 0 unspecified atom stereocenters. The van der Waals surface area contributed by atoms with Gasteiger partial charge < -0.3 is 10.2 Å². The number of likely N-dealkylation sites (tertiary alicyclic amines) is 1. The van der Waals surface area contributed by atoms with Gasteiger partial charge in [0, 0.05) is 25.8 Å². The summed E-state index contributed by atoms with van der Waals surface area (Å²) in [6.07, 6.45) is 5.14. The highest BCUT2D eigenvalue weighted by Crippen LogP contribution is 2.37. The predicted octanol–water partition coefficient (Wildman–Crippen LogP) is 1.05. The quantitative estimate of drug-likeness (QED) is 0.802. The van der Waals surface area contributed by atoms with Crippen molar-refractivity contribution in [3.05, 3.63) is 18.0 Å². The molecule has 2 aliphatic heterocycles. The van der Waals surface area contributed by atoms with Gasteiger partial charge in [0.2, 0.25) is 0 Å². The van der Waals surface area contributed by atoms with Gasteiger partial charge in [0.05, 0.1) is 0 Å². The lowest BCUT2D eigenvalue weighted by Crippen LogP contribution is -2.44. The Balaban J connectivity index is 0.00000120. The number of carbonyl (C=O) groups is 1. The molecule has 18 heavy (non-hydrogen) atoms. The van der Waals surface area contributed by atoms with Crippen LogP contribution in [0.5, 0.6) is 0 Å². The van der Waals surface area contributed by atoms with Crippen LogP contribution in [-0.2, 0) is 0 Å². The fourth-order valence-electron chi connectivity index (χ4n) is 2.95. The van der Waals surface area contributed by atoms with Gasteiger partial charge in [-0.25, -0.2) is 0 Å². The minimum atomic E-state index is 0. The Morgan fingerprint density at radius 1 is 1.33 bits per heavy atom. The number of halogens is 1. The van der Waals surface area contributed by atoms with Crippen molar-refractivity contribution >= 4 is 18.3 Å². The van der Waals surface area contributed by atoms with Gasteiger partial charge >= 0.3 is 0 Å². The number of rotatable bonds is 1. The number of aromatic nitrogens is 2. The molecule has 0 saturated carbocycles. The molecule has 100 valence electrons. The van der Waals surface area contributed by atoms with Crippen LogP contribution in [0, 0.1) is 5.41 Å². The molecule has 0 radical (unpaired) electrons. The maximum absolute atomic E-state index is 12.1. The van der Waals surface area contributed by atoms with Crippen molar-refractivity contribution in [3.8, 4) is 0 Å². The molecule has 0 bridgehead atoms. The van der Waals surface area contributed by atoms with E-state index in [1.165, 1.54) is 6.42 Å². The first-order valence-electron chi connectivity index (χ1n) is 6.29. The molecule has 2 aliphatic rings. The summed E-state index contributed by atoms with van der Waals surface area (Å²) in [7, 11) is 0. The molecule has 0 atom stereocenters. The lowest BCUT2D eigenvalue weighted by molar-refractivity contribution is 0.0602. The average Bonchev–Trinajstić information content (AvgIpc) is 3.01. The van der Waals surface area contributed by atoms with Crippen molar-refractivity contribution < 1.29 is 4.79 Å². The number of hydrogen-bond acceptors (Lipinski definition) is 3. The maximum atomic E-state index is 12.1. The van der Waals surface area contributed by atoms with Crippen molar-refractivity contribution in [1.29, 1.82) is 0 Å². The number of amides is 1. The van der Waals surface area contributed by atoms with Crippen molar-refractivity contribution in [3.63, 3.8) is 0 Å². The van der Waals surface area contributed by atoms with E-state index in [0.29, 0.717) is 11.1 Å². The van der Waals surface area contributed by atoms with E-state index < -0.39 is 0 Å². The zero-order valence-corrected chi connectivity index (χ0v) is 11.1. The number of piperidine rings is 1. The summed E-state index contributed by atoms with van der Waals surface area (Å²) >= 11 is 0. The fourth-order valence-corrected chi connectivity index (χ4v) is 2.95. The standard InChI is InChI=1S/C12H18N4O.ClH/c17-11(10-1-5-14-15-10)16-7-3-12(4-8-16)2-6-13-9-12;/h1,5,13H,2-4,6-9H2,(H,14,15);1H. The first-order chi connectivity index (χ1) is 8.29. The molecule has 1 aromatic rings. The van der Waals surface area contributed by atoms with Crippen LogP contribution in [0.3, 0.4) is 0 Å². The van der Waals surface area contributed by atoms with Crippen molar-refractivity contribution in [1.82, 2.24) is 20.4 Å². The Morgan fingerprint density at radius 3 is 2.67 bits per heavy atom. The SMILES string of the molecule is Cl.O=C(c1ccn[nH]1)N1CCC2(CCNC2)CC1. The summed E-state index contributed by atoms with van der Waals surface area (Å²) in [6, 6.07) is 1.74. The summed E-state index contributed by atoms with van der Waals surface area (Å²) < 4.78 is 0. The number of hydrogen-bond donors (Lipinski definition) is 2. The van der Waals surface area contributed by atoms with Gasteiger partial charge in [0.1, 0.15) is 5.69 Å². The molecule has 3 heterocycles. The summed E-state index contributed by atoms with van der Waals surface area (Å²) in [5, 5.41) is 10.0. The Hall–Kier alpha value is -1.07. The molecule has 2 fully saturated rings. The van der Waals surface area contributed by atoms with E-state index in [-0.39, 0.29) is 18.3 Å². The second-order valence-electron chi connectivity index (χ2n) is 5.19. The highest BCUT2D eigenvalue weighted by atomic mass is 35.5. The Kier molecular flexibility index (Phi) is 3.92. The lowest BCUT2D eigenvalue weighted by atomic mass is 9.78. The summed E-state index contributed by atoms with van der Waals surface area (Å²) in [6.45, 7) is 4.01. The van der Waals surface area contributed by atoms with Crippen LogP contribution in [0.2, 0.25) is 0 Å². The van der Waals surface area contributed by atoms with Crippen molar-refractivity contribution in [2.75, 3.05) is 26.2 Å².